The zero-order valence-electron chi connectivity index (χ0n) is 11.1. The quantitative estimate of drug-likeness (QED) is 0.946. The lowest BCUT2D eigenvalue weighted by molar-refractivity contribution is 0.0697. The molecule has 5 nitrogen and oxygen atoms in total. The Morgan fingerprint density at radius 1 is 1.33 bits per heavy atom. The predicted octanol–water partition coefficient (Wildman–Crippen LogP) is 2.70. The SMILES string of the molecule is Cc1nsc(N(C)C(=O)c2ccc(F)cc2F)c1C(=O)O. The van der Waals surface area contributed by atoms with Gasteiger partial charge < -0.3 is 10.0 Å². The monoisotopic (exact) mass is 312 g/mol. The minimum Gasteiger partial charge on any atom is -0.478 e. The molecule has 0 saturated heterocycles. The van der Waals surface area contributed by atoms with Crippen LogP contribution in [-0.4, -0.2) is 28.4 Å². The molecule has 2 rings (SSSR count). The van der Waals surface area contributed by atoms with Crippen molar-refractivity contribution in [3.63, 3.8) is 0 Å². The molecule has 0 bridgehead atoms. The first-order valence-corrected chi connectivity index (χ1v) is 6.53. The Morgan fingerprint density at radius 2 is 2.00 bits per heavy atom. The van der Waals surface area contributed by atoms with Gasteiger partial charge in [-0.1, -0.05) is 0 Å². The van der Waals surface area contributed by atoms with E-state index in [1.54, 1.807) is 0 Å². The standard InChI is InChI=1S/C13H10F2N2O3S/c1-6-10(13(19)20)12(21-16-6)17(2)11(18)8-4-3-7(14)5-9(8)15/h3-5H,1-2H3,(H,19,20). The summed E-state index contributed by atoms with van der Waals surface area (Å²) in [5.41, 5.74) is -0.193. The maximum atomic E-state index is 13.6. The van der Waals surface area contributed by atoms with Crippen LogP contribution in [0.4, 0.5) is 13.8 Å². The molecule has 0 radical (unpaired) electrons. The van der Waals surface area contributed by atoms with Crippen LogP contribution in [0.3, 0.4) is 0 Å². The fraction of sp³-hybridized carbons (Fsp3) is 0.154. The summed E-state index contributed by atoms with van der Waals surface area (Å²) < 4.78 is 30.4. The Hall–Kier alpha value is -2.35. The van der Waals surface area contributed by atoms with Crippen molar-refractivity contribution in [3.8, 4) is 0 Å². The van der Waals surface area contributed by atoms with Gasteiger partial charge in [0.15, 0.2) is 0 Å². The molecule has 110 valence electrons. The molecule has 1 aromatic heterocycles. The molecule has 0 unspecified atom stereocenters. The van der Waals surface area contributed by atoms with Crippen molar-refractivity contribution in [1.29, 1.82) is 0 Å². The molecule has 0 aliphatic heterocycles. The molecule has 0 aliphatic rings. The van der Waals surface area contributed by atoms with Crippen molar-refractivity contribution in [2.45, 2.75) is 6.92 Å². The smallest absolute Gasteiger partial charge is 0.340 e. The maximum Gasteiger partial charge on any atom is 0.340 e. The van der Waals surface area contributed by atoms with Crippen molar-refractivity contribution in [2.75, 3.05) is 11.9 Å². The minimum absolute atomic E-state index is 0.0914. The van der Waals surface area contributed by atoms with Gasteiger partial charge in [-0.15, -0.1) is 0 Å². The number of amides is 1. The molecule has 1 aromatic carbocycles. The fourth-order valence-electron chi connectivity index (χ4n) is 1.77. The molecule has 0 spiro atoms. The third-order valence-corrected chi connectivity index (χ3v) is 3.85. The normalized spacial score (nSPS) is 10.5. The highest BCUT2D eigenvalue weighted by molar-refractivity contribution is 7.11. The number of carbonyl (C=O) groups excluding carboxylic acids is 1. The molecule has 8 heteroatoms. The third-order valence-electron chi connectivity index (χ3n) is 2.83. The summed E-state index contributed by atoms with van der Waals surface area (Å²) in [7, 11) is 1.31. The number of carboxylic acid groups (broad SMARTS) is 1. The van der Waals surface area contributed by atoms with Gasteiger partial charge >= 0.3 is 5.97 Å². The Labute approximate surface area is 122 Å². The van der Waals surface area contributed by atoms with Gasteiger partial charge in [0.05, 0.1) is 11.3 Å². The van der Waals surface area contributed by atoms with Crippen molar-refractivity contribution in [2.24, 2.45) is 0 Å². The lowest BCUT2D eigenvalue weighted by Gasteiger charge is -2.16. The second-order valence-electron chi connectivity index (χ2n) is 4.24. The van der Waals surface area contributed by atoms with Crippen LogP contribution in [0.25, 0.3) is 0 Å². The number of carbonyl (C=O) groups is 2. The number of aromatic nitrogens is 1. The number of carboxylic acids is 1. The summed E-state index contributed by atoms with van der Waals surface area (Å²) in [5.74, 6) is -3.81. The highest BCUT2D eigenvalue weighted by Crippen LogP contribution is 2.29. The van der Waals surface area contributed by atoms with Crippen LogP contribution in [0.5, 0.6) is 0 Å². The van der Waals surface area contributed by atoms with E-state index in [0.717, 1.165) is 28.6 Å². The number of nitrogens with zero attached hydrogens (tertiary/aromatic N) is 2. The number of hydrogen-bond acceptors (Lipinski definition) is 4. The van der Waals surface area contributed by atoms with Crippen molar-refractivity contribution in [3.05, 3.63) is 46.7 Å². The molecule has 0 fully saturated rings. The first kappa shape index (κ1) is 15.0. The van der Waals surface area contributed by atoms with Gasteiger partial charge in [0.2, 0.25) is 0 Å². The third kappa shape index (κ3) is 2.75. The van der Waals surface area contributed by atoms with Crippen LogP contribution in [0.2, 0.25) is 0 Å². The van der Waals surface area contributed by atoms with Crippen LogP contribution in [-0.2, 0) is 0 Å². The van der Waals surface area contributed by atoms with E-state index >= 15 is 0 Å². The summed E-state index contributed by atoms with van der Waals surface area (Å²) in [6, 6.07) is 2.56. The summed E-state index contributed by atoms with van der Waals surface area (Å²) in [6.07, 6.45) is 0. The first-order chi connectivity index (χ1) is 9.82. The molecule has 1 heterocycles. The second-order valence-corrected chi connectivity index (χ2v) is 4.99. The van der Waals surface area contributed by atoms with Gasteiger partial charge in [0.1, 0.15) is 22.2 Å². The van der Waals surface area contributed by atoms with Crippen LogP contribution >= 0.6 is 11.5 Å². The zero-order chi connectivity index (χ0) is 15.7. The summed E-state index contributed by atoms with van der Waals surface area (Å²) in [5, 5.41) is 9.22. The first-order valence-electron chi connectivity index (χ1n) is 5.75. The van der Waals surface area contributed by atoms with Gasteiger partial charge in [0, 0.05) is 13.1 Å². The molecule has 21 heavy (non-hydrogen) atoms. The van der Waals surface area contributed by atoms with E-state index in [0.29, 0.717) is 6.07 Å². The Kier molecular flexibility index (Phi) is 3.99. The number of halogens is 2. The maximum absolute atomic E-state index is 13.6. The van der Waals surface area contributed by atoms with Crippen molar-refractivity contribution >= 4 is 28.4 Å². The van der Waals surface area contributed by atoms with E-state index in [-0.39, 0.29) is 21.8 Å². The lowest BCUT2D eigenvalue weighted by Crippen LogP contribution is -2.27. The average Bonchev–Trinajstić information content (AvgIpc) is 2.79. The molecule has 1 N–H and O–H groups in total. The molecule has 0 atom stereocenters. The number of rotatable bonds is 3. The van der Waals surface area contributed by atoms with Gasteiger partial charge in [-0.25, -0.2) is 13.6 Å². The van der Waals surface area contributed by atoms with Crippen molar-refractivity contribution < 1.29 is 23.5 Å². The number of hydrogen-bond donors (Lipinski definition) is 1. The summed E-state index contributed by atoms with van der Waals surface area (Å²) in [4.78, 5) is 24.4. The zero-order valence-corrected chi connectivity index (χ0v) is 11.9. The average molecular weight is 312 g/mol. The Balaban J connectivity index is 2.42. The van der Waals surface area contributed by atoms with Crippen LogP contribution in [0.15, 0.2) is 18.2 Å². The largest absolute Gasteiger partial charge is 0.478 e. The van der Waals surface area contributed by atoms with Crippen LogP contribution in [0, 0.1) is 18.6 Å². The van der Waals surface area contributed by atoms with E-state index < -0.39 is 23.5 Å². The lowest BCUT2D eigenvalue weighted by atomic mass is 10.1. The fourth-order valence-corrected chi connectivity index (χ4v) is 2.62. The number of benzene rings is 1. The summed E-state index contributed by atoms with van der Waals surface area (Å²) >= 11 is 0.822. The van der Waals surface area contributed by atoms with E-state index in [4.69, 9.17) is 5.11 Å². The van der Waals surface area contributed by atoms with E-state index in [1.165, 1.54) is 14.0 Å². The van der Waals surface area contributed by atoms with Gasteiger partial charge in [-0.2, -0.15) is 4.37 Å². The molecular weight excluding hydrogens is 302 g/mol. The number of aromatic carboxylic acids is 1. The molecular formula is C13H10F2N2O3S. The van der Waals surface area contributed by atoms with E-state index in [9.17, 15) is 18.4 Å². The topological polar surface area (TPSA) is 70.5 Å². The van der Waals surface area contributed by atoms with Crippen molar-refractivity contribution in [1.82, 2.24) is 4.37 Å². The molecule has 2 aromatic rings. The van der Waals surface area contributed by atoms with E-state index in [2.05, 4.69) is 4.37 Å². The Morgan fingerprint density at radius 3 is 2.57 bits per heavy atom. The van der Waals surface area contributed by atoms with Gasteiger partial charge in [-0.05, 0) is 30.6 Å². The van der Waals surface area contributed by atoms with Crippen LogP contribution in [0.1, 0.15) is 26.4 Å². The van der Waals surface area contributed by atoms with Gasteiger partial charge in [0.25, 0.3) is 5.91 Å². The molecule has 0 saturated carbocycles. The molecule has 0 aliphatic carbocycles. The minimum atomic E-state index is -1.23. The van der Waals surface area contributed by atoms with Crippen LogP contribution < -0.4 is 4.90 Å². The van der Waals surface area contributed by atoms with E-state index in [1.807, 2.05) is 0 Å². The molecule has 1 amide bonds. The highest BCUT2D eigenvalue weighted by Gasteiger charge is 2.26. The Bertz CT molecular complexity index is 730. The van der Waals surface area contributed by atoms with Gasteiger partial charge in [-0.3, -0.25) is 4.79 Å². The second kappa shape index (κ2) is 5.57. The predicted molar refractivity (Wildman–Crippen MR) is 72.9 cm³/mol. The highest BCUT2D eigenvalue weighted by atomic mass is 32.1. The summed E-state index contributed by atoms with van der Waals surface area (Å²) in [6.45, 7) is 1.50. The number of anilines is 1. The number of aryl methyl sites for hydroxylation is 1.